The Kier molecular flexibility index (Phi) is 4.30. The molecule has 19 heavy (non-hydrogen) atoms. The Hall–Kier alpha value is -2.14. The number of aromatic nitrogens is 2. The Labute approximate surface area is 112 Å². The smallest absolute Gasteiger partial charge is 0.237 e. The monoisotopic (exact) mass is 259 g/mol. The van der Waals surface area contributed by atoms with E-state index < -0.39 is 0 Å². The molecule has 2 rings (SSSR count). The summed E-state index contributed by atoms with van der Waals surface area (Å²) in [5.41, 5.74) is 7.75. The minimum Gasteiger partial charge on any atom is -0.494 e. The lowest BCUT2D eigenvalue weighted by molar-refractivity contribution is 0.340. The molecule has 0 bridgehead atoms. The van der Waals surface area contributed by atoms with Gasteiger partial charge in [-0.2, -0.15) is 0 Å². The highest BCUT2D eigenvalue weighted by Gasteiger charge is 2.16. The first-order chi connectivity index (χ1) is 9.26. The zero-order chi connectivity index (χ0) is 13.7. The van der Waals surface area contributed by atoms with E-state index in [1.165, 1.54) is 0 Å². The normalized spacial score (nSPS) is 11.9. The summed E-state index contributed by atoms with van der Waals surface area (Å²) in [6, 6.07) is 7.25. The van der Waals surface area contributed by atoms with Gasteiger partial charge >= 0.3 is 0 Å². The summed E-state index contributed by atoms with van der Waals surface area (Å²) in [4.78, 5) is 8.34. The van der Waals surface area contributed by atoms with Crippen LogP contribution in [0.4, 0.5) is 0 Å². The molecule has 5 heteroatoms. The van der Waals surface area contributed by atoms with E-state index in [1.54, 1.807) is 19.5 Å². The van der Waals surface area contributed by atoms with Crippen molar-refractivity contribution in [2.24, 2.45) is 5.73 Å². The van der Waals surface area contributed by atoms with Gasteiger partial charge in [0.2, 0.25) is 5.88 Å². The van der Waals surface area contributed by atoms with Crippen molar-refractivity contribution < 1.29 is 9.47 Å². The largest absolute Gasteiger partial charge is 0.494 e. The fourth-order valence-corrected chi connectivity index (χ4v) is 1.80. The van der Waals surface area contributed by atoms with Crippen LogP contribution in [0.1, 0.15) is 24.2 Å². The first kappa shape index (κ1) is 13.3. The highest BCUT2D eigenvalue weighted by Crippen LogP contribution is 2.25. The van der Waals surface area contributed by atoms with Crippen molar-refractivity contribution in [2.75, 3.05) is 13.7 Å². The van der Waals surface area contributed by atoms with Gasteiger partial charge in [0.05, 0.1) is 19.8 Å². The number of nitrogens with zero attached hydrogens (tertiary/aromatic N) is 2. The Bertz CT molecular complexity index is 528. The summed E-state index contributed by atoms with van der Waals surface area (Å²) in [6.45, 7) is 2.59. The number of rotatable bonds is 5. The first-order valence-corrected chi connectivity index (χ1v) is 6.09. The van der Waals surface area contributed by atoms with Crippen molar-refractivity contribution in [1.82, 2.24) is 9.97 Å². The zero-order valence-electron chi connectivity index (χ0n) is 11.0. The number of nitrogens with two attached hydrogens (primary N) is 1. The van der Waals surface area contributed by atoms with Crippen LogP contribution in [0.25, 0.3) is 0 Å². The van der Waals surface area contributed by atoms with Crippen LogP contribution in [0.2, 0.25) is 0 Å². The van der Waals surface area contributed by atoms with Crippen LogP contribution in [0, 0.1) is 0 Å². The maximum Gasteiger partial charge on any atom is 0.237 e. The van der Waals surface area contributed by atoms with Crippen molar-refractivity contribution >= 4 is 0 Å². The third-order valence-electron chi connectivity index (χ3n) is 2.73. The zero-order valence-corrected chi connectivity index (χ0v) is 11.0. The quantitative estimate of drug-likeness (QED) is 0.888. The topological polar surface area (TPSA) is 70.3 Å². The van der Waals surface area contributed by atoms with E-state index in [-0.39, 0.29) is 6.04 Å². The summed E-state index contributed by atoms with van der Waals surface area (Å²) in [7, 11) is 1.55. The molecule has 0 spiro atoms. The molecule has 5 nitrogen and oxygen atoms in total. The molecule has 0 amide bonds. The van der Waals surface area contributed by atoms with E-state index in [1.807, 2.05) is 31.2 Å². The fourth-order valence-electron chi connectivity index (χ4n) is 1.80. The van der Waals surface area contributed by atoms with E-state index >= 15 is 0 Å². The van der Waals surface area contributed by atoms with Gasteiger partial charge in [-0.05, 0) is 24.6 Å². The van der Waals surface area contributed by atoms with E-state index in [4.69, 9.17) is 15.2 Å². The SMILES string of the molecule is CCOc1ccc(C(N)c2nccnc2OC)cc1. The lowest BCUT2D eigenvalue weighted by Gasteiger charge is -2.14. The molecule has 2 aromatic rings. The van der Waals surface area contributed by atoms with Crippen molar-refractivity contribution in [3.63, 3.8) is 0 Å². The highest BCUT2D eigenvalue weighted by atomic mass is 16.5. The Morgan fingerprint density at radius 3 is 2.47 bits per heavy atom. The Morgan fingerprint density at radius 1 is 1.16 bits per heavy atom. The van der Waals surface area contributed by atoms with Crippen molar-refractivity contribution in [2.45, 2.75) is 13.0 Å². The summed E-state index contributed by atoms with van der Waals surface area (Å²) in [6.07, 6.45) is 3.18. The van der Waals surface area contributed by atoms with Crippen LogP contribution >= 0.6 is 0 Å². The number of methoxy groups -OCH3 is 1. The van der Waals surface area contributed by atoms with Gasteiger partial charge in [-0.15, -0.1) is 0 Å². The average Bonchev–Trinajstić information content (AvgIpc) is 2.47. The molecule has 0 saturated carbocycles. The summed E-state index contributed by atoms with van der Waals surface area (Å²) in [5, 5.41) is 0. The highest BCUT2D eigenvalue weighted by molar-refractivity contribution is 5.35. The minimum atomic E-state index is -0.376. The molecule has 2 N–H and O–H groups in total. The molecule has 0 aliphatic rings. The minimum absolute atomic E-state index is 0.376. The second-order valence-corrected chi connectivity index (χ2v) is 3.93. The molecule has 1 heterocycles. The van der Waals surface area contributed by atoms with E-state index in [9.17, 15) is 0 Å². The summed E-state index contributed by atoms with van der Waals surface area (Å²) >= 11 is 0. The summed E-state index contributed by atoms with van der Waals surface area (Å²) in [5.74, 6) is 1.27. The van der Waals surface area contributed by atoms with Crippen LogP contribution in [-0.4, -0.2) is 23.7 Å². The molecule has 1 aromatic heterocycles. The number of hydrogen-bond donors (Lipinski definition) is 1. The van der Waals surface area contributed by atoms with Crippen LogP contribution < -0.4 is 15.2 Å². The second-order valence-electron chi connectivity index (χ2n) is 3.93. The Morgan fingerprint density at radius 2 is 1.84 bits per heavy atom. The lowest BCUT2D eigenvalue weighted by atomic mass is 10.0. The van der Waals surface area contributed by atoms with Crippen LogP contribution in [-0.2, 0) is 0 Å². The average molecular weight is 259 g/mol. The van der Waals surface area contributed by atoms with Gasteiger partial charge in [-0.25, -0.2) is 4.98 Å². The molecule has 100 valence electrons. The predicted octanol–water partition coefficient (Wildman–Crippen LogP) is 1.93. The molecule has 0 fully saturated rings. The van der Waals surface area contributed by atoms with Gasteiger partial charge < -0.3 is 15.2 Å². The van der Waals surface area contributed by atoms with Crippen molar-refractivity contribution in [3.8, 4) is 11.6 Å². The second kappa shape index (κ2) is 6.15. The number of benzene rings is 1. The molecule has 0 saturated heterocycles. The molecule has 0 aliphatic heterocycles. The standard InChI is InChI=1S/C14H17N3O2/c1-3-19-11-6-4-10(5-7-11)12(15)13-14(18-2)17-9-8-16-13/h4-9,12H,3,15H2,1-2H3. The number of hydrogen-bond acceptors (Lipinski definition) is 5. The first-order valence-electron chi connectivity index (χ1n) is 6.09. The molecular weight excluding hydrogens is 242 g/mol. The molecular formula is C14H17N3O2. The summed E-state index contributed by atoms with van der Waals surface area (Å²) < 4.78 is 10.6. The van der Waals surface area contributed by atoms with Gasteiger partial charge in [0, 0.05) is 12.4 Å². The molecule has 1 aromatic carbocycles. The fraction of sp³-hybridized carbons (Fsp3) is 0.286. The molecule has 0 aliphatic carbocycles. The molecule has 0 radical (unpaired) electrons. The van der Waals surface area contributed by atoms with Crippen LogP contribution in [0.5, 0.6) is 11.6 Å². The van der Waals surface area contributed by atoms with Gasteiger partial charge in [-0.3, -0.25) is 4.98 Å². The van der Waals surface area contributed by atoms with Crippen molar-refractivity contribution in [3.05, 3.63) is 47.9 Å². The van der Waals surface area contributed by atoms with Crippen LogP contribution in [0.3, 0.4) is 0 Å². The van der Waals surface area contributed by atoms with E-state index in [0.29, 0.717) is 18.2 Å². The van der Waals surface area contributed by atoms with Crippen molar-refractivity contribution in [1.29, 1.82) is 0 Å². The lowest BCUT2D eigenvalue weighted by Crippen LogP contribution is -2.15. The predicted molar refractivity (Wildman–Crippen MR) is 72.2 cm³/mol. The molecule has 1 atom stereocenters. The van der Waals surface area contributed by atoms with E-state index in [0.717, 1.165) is 11.3 Å². The van der Waals surface area contributed by atoms with Gasteiger partial charge in [0.1, 0.15) is 11.4 Å². The molecule has 1 unspecified atom stereocenters. The Balaban J connectivity index is 2.25. The van der Waals surface area contributed by atoms with Gasteiger partial charge in [0.15, 0.2) is 0 Å². The maximum atomic E-state index is 6.19. The van der Waals surface area contributed by atoms with E-state index in [2.05, 4.69) is 9.97 Å². The van der Waals surface area contributed by atoms with Gasteiger partial charge in [-0.1, -0.05) is 12.1 Å². The van der Waals surface area contributed by atoms with Gasteiger partial charge in [0.25, 0.3) is 0 Å². The van der Waals surface area contributed by atoms with Crippen LogP contribution in [0.15, 0.2) is 36.7 Å². The number of ether oxygens (including phenoxy) is 2. The maximum absolute atomic E-state index is 6.19. The third-order valence-corrected chi connectivity index (χ3v) is 2.73. The third kappa shape index (κ3) is 3.00.